The van der Waals surface area contributed by atoms with Gasteiger partial charge in [-0.25, -0.2) is 0 Å². The van der Waals surface area contributed by atoms with Gasteiger partial charge in [-0.1, -0.05) is 19.0 Å². The van der Waals surface area contributed by atoms with Crippen LogP contribution in [0.15, 0.2) is 22.7 Å². The van der Waals surface area contributed by atoms with Gasteiger partial charge in [-0.2, -0.15) is 4.98 Å². The number of benzene rings is 1. The highest BCUT2D eigenvalue weighted by Gasteiger charge is 2.31. The standard InChI is InChI=1S/C21H27N3O4/c1-13(2)20-22-21(28-23-20)14(3)24-8-6-15(7-9-24)19(25)16-4-5-17-18(12-16)27-11-10-26-17/h4-5,12-15H,6-11H2,1-3H3/t14-/m0/s1. The number of Topliss-reactive ketones (excluding diaryl/α,β-unsaturated/α-hetero) is 1. The third-order valence-corrected chi connectivity index (χ3v) is 5.61. The minimum absolute atomic E-state index is 0.0277. The number of fused-ring (bicyclic) bond motifs is 1. The fourth-order valence-electron chi connectivity index (χ4n) is 3.79. The summed E-state index contributed by atoms with van der Waals surface area (Å²) in [5.74, 6) is 3.24. The van der Waals surface area contributed by atoms with Gasteiger partial charge in [-0.3, -0.25) is 9.69 Å². The lowest BCUT2D eigenvalue weighted by Crippen LogP contribution is -2.38. The molecule has 1 aromatic heterocycles. The second kappa shape index (κ2) is 7.91. The van der Waals surface area contributed by atoms with Crippen LogP contribution in [0, 0.1) is 5.92 Å². The van der Waals surface area contributed by atoms with E-state index >= 15 is 0 Å². The van der Waals surface area contributed by atoms with Crippen molar-refractivity contribution in [2.24, 2.45) is 5.92 Å². The van der Waals surface area contributed by atoms with Gasteiger partial charge < -0.3 is 14.0 Å². The second-order valence-electron chi connectivity index (χ2n) is 7.85. The zero-order valence-electron chi connectivity index (χ0n) is 16.7. The number of hydrogen-bond acceptors (Lipinski definition) is 7. The second-order valence-corrected chi connectivity index (χ2v) is 7.85. The van der Waals surface area contributed by atoms with Gasteiger partial charge in [0.2, 0.25) is 5.89 Å². The molecule has 0 unspecified atom stereocenters. The minimum Gasteiger partial charge on any atom is -0.486 e. The van der Waals surface area contributed by atoms with Crippen molar-refractivity contribution in [3.05, 3.63) is 35.5 Å². The Labute approximate surface area is 165 Å². The van der Waals surface area contributed by atoms with Crippen LogP contribution in [0.5, 0.6) is 11.5 Å². The number of rotatable bonds is 5. The molecule has 0 bridgehead atoms. The average Bonchev–Trinajstić information content (AvgIpc) is 3.23. The molecule has 4 rings (SSSR count). The largest absolute Gasteiger partial charge is 0.486 e. The molecule has 1 atom stereocenters. The SMILES string of the molecule is CC(C)c1noc([C@H](C)N2CCC(C(=O)c3ccc4c(c3)OCCO4)CC2)n1. The monoisotopic (exact) mass is 385 g/mol. The quantitative estimate of drug-likeness (QED) is 0.728. The molecule has 0 N–H and O–H groups in total. The molecule has 1 aromatic carbocycles. The summed E-state index contributed by atoms with van der Waals surface area (Å²) in [6, 6.07) is 5.56. The summed E-state index contributed by atoms with van der Waals surface area (Å²) < 4.78 is 16.6. The van der Waals surface area contributed by atoms with Gasteiger partial charge in [-0.05, 0) is 51.1 Å². The molecular weight excluding hydrogens is 358 g/mol. The zero-order chi connectivity index (χ0) is 19.7. The molecule has 0 aliphatic carbocycles. The first-order chi connectivity index (χ1) is 13.5. The maximum absolute atomic E-state index is 13.0. The van der Waals surface area contributed by atoms with E-state index in [0.29, 0.717) is 36.2 Å². The fourth-order valence-corrected chi connectivity index (χ4v) is 3.79. The van der Waals surface area contributed by atoms with Crippen LogP contribution in [0.2, 0.25) is 0 Å². The molecule has 0 saturated carbocycles. The first-order valence-electron chi connectivity index (χ1n) is 10.0. The number of carbonyl (C=O) groups excluding carboxylic acids is 1. The topological polar surface area (TPSA) is 77.7 Å². The van der Waals surface area contributed by atoms with E-state index in [9.17, 15) is 4.79 Å². The molecule has 0 amide bonds. The normalized spacial score (nSPS) is 19.0. The lowest BCUT2D eigenvalue weighted by atomic mass is 9.88. The van der Waals surface area contributed by atoms with Crippen LogP contribution >= 0.6 is 0 Å². The van der Waals surface area contributed by atoms with Gasteiger partial charge in [0.1, 0.15) is 13.2 Å². The molecule has 1 fully saturated rings. The van der Waals surface area contributed by atoms with Crippen molar-refractivity contribution in [2.75, 3.05) is 26.3 Å². The highest BCUT2D eigenvalue weighted by molar-refractivity contribution is 5.98. The Kier molecular flexibility index (Phi) is 5.35. The third kappa shape index (κ3) is 3.76. The maximum atomic E-state index is 13.0. The van der Waals surface area contributed by atoms with Crippen molar-refractivity contribution >= 4 is 5.78 Å². The Balaban J connectivity index is 1.37. The number of aromatic nitrogens is 2. The fraction of sp³-hybridized carbons (Fsp3) is 0.571. The molecule has 3 heterocycles. The lowest BCUT2D eigenvalue weighted by molar-refractivity contribution is 0.0774. The van der Waals surface area contributed by atoms with E-state index in [-0.39, 0.29) is 23.7 Å². The summed E-state index contributed by atoms with van der Waals surface area (Å²) in [7, 11) is 0. The molecule has 1 saturated heterocycles. The van der Waals surface area contributed by atoms with Crippen molar-refractivity contribution in [1.82, 2.24) is 15.0 Å². The Hall–Kier alpha value is -2.41. The molecule has 2 aliphatic heterocycles. The molecule has 0 radical (unpaired) electrons. The van der Waals surface area contributed by atoms with Gasteiger partial charge >= 0.3 is 0 Å². The Bertz CT molecular complexity index is 840. The predicted molar refractivity (Wildman–Crippen MR) is 103 cm³/mol. The molecule has 0 spiro atoms. The minimum atomic E-state index is 0.0277. The van der Waals surface area contributed by atoms with Crippen molar-refractivity contribution in [3.63, 3.8) is 0 Å². The van der Waals surface area contributed by atoms with Crippen LogP contribution in [-0.4, -0.2) is 47.1 Å². The van der Waals surface area contributed by atoms with E-state index in [1.807, 2.05) is 32.0 Å². The summed E-state index contributed by atoms with van der Waals surface area (Å²) in [4.78, 5) is 19.8. The molecule has 2 aliphatic rings. The Morgan fingerprint density at radius 3 is 2.50 bits per heavy atom. The van der Waals surface area contributed by atoms with Crippen molar-refractivity contribution < 1.29 is 18.8 Å². The number of carbonyl (C=O) groups is 1. The smallest absolute Gasteiger partial charge is 0.243 e. The Morgan fingerprint density at radius 1 is 1.11 bits per heavy atom. The van der Waals surface area contributed by atoms with Gasteiger partial charge in [0.15, 0.2) is 23.1 Å². The van der Waals surface area contributed by atoms with E-state index in [4.69, 9.17) is 14.0 Å². The number of nitrogens with zero attached hydrogens (tertiary/aromatic N) is 3. The highest BCUT2D eigenvalue weighted by atomic mass is 16.6. The molecule has 7 nitrogen and oxygen atoms in total. The molecule has 28 heavy (non-hydrogen) atoms. The molecule has 7 heteroatoms. The van der Waals surface area contributed by atoms with Crippen LogP contribution in [0.4, 0.5) is 0 Å². The summed E-state index contributed by atoms with van der Waals surface area (Å²) >= 11 is 0. The zero-order valence-corrected chi connectivity index (χ0v) is 16.7. The van der Waals surface area contributed by atoms with Crippen LogP contribution in [0.25, 0.3) is 0 Å². The summed E-state index contributed by atoms with van der Waals surface area (Å²) in [5, 5.41) is 4.06. The van der Waals surface area contributed by atoms with Gasteiger partial charge in [0.25, 0.3) is 0 Å². The average molecular weight is 385 g/mol. The van der Waals surface area contributed by atoms with E-state index in [0.717, 1.165) is 31.8 Å². The number of piperidine rings is 1. The summed E-state index contributed by atoms with van der Waals surface area (Å²) in [5.41, 5.74) is 0.703. The predicted octanol–water partition coefficient (Wildman–Crippen LogP) is 3.62. The lowest BCUT2D eigenvalue weighted by Gasteiger charge is -2.34. The van der Waals surface area contributed by atoms with Crippen molar-refractivity contribution in [3.8, 4) is 11.5 Å². The molecular formula is C21H27N3O4. The van der Waals surface area contributed by atoms with Gasteiger partial charge in [0.05, 0.1) is 6.04 Å². The van der Waals surface area contributed by atoms with E-state index in [1.54, 1.807) is 0 Å². The number of ketones is 1. The summed E-state index contributed by atoms with van der Waals surface area (Å²) in [6.45, 7) is 8.93. The first kappa shape index (κ1) is 18.9. The van der Waals surface area contributed by atoms with Crippen LogP contribution in [0.1, 0.15) is 67.6 Å². The van der Waals surface area contributed by atoms with E-state index in [2.05, 4.69) is 22.0 Å². The van der Waals surface area contributed by atoms with Crippen molar-refractivity contribution in [2.45, 2.75) is 45.6 Å². The van der Waals surface area contributed by atoms with Gasteiger partial charge in [0, 0.05) is 17.4 Å². The number of likely N-dealkylation sites (tertiary alicyclic amines) is 1. The Morgan fingerprint density at radius 2 is 1.82 bits per heavy atom. The van der Waals surface area contributed by atoms with Crippen LogP contribution < -0.4 is 9.47 Å². The molecule has 150 valence electrons. The highest BCUT2D eigenvalue weighted by Crippen LogP contribution is 2.33. The first-order valence-corrected chi connectivity index (χ1v) is 10.0. The van der Waals surface area contributed by atoms with Crippen molar-refractivity contribution in [1.29, 1.82) is 0 Å². The third-order valence-electron chi connectivity index (χ3n) is 5.61. The van der Waals surface area contributed by atoms with E-state index < -0.39 is 0 Å². The number of hydrogen-bond donors (Lipinski definition) is 0. The molecule has 2 aromatic rings. The maximum Gasteiger partial charge on any atom is 0.243 e. The number of ether oxygens (including phenoxy) is 2. The van der Waals surface area contributed by atoms with Crippen LogP contribution in [0.3, 0.4) is 0 Å². The van der Waals surface area contributed by atoms with Gasteiger partial charge in [-0.15, -0.1) is 0 Å². The van der Waals surface area contributed by atoms with Crippen LogP contribution in [-0.2, 0) is 0 Å². The summed E-state index contributed by atoms with van der Waals surface area (Å²) in [6.07, 6.45) is 1.64. The van der Waals surface area contributed by atoms with E-state index in [1.165, 1.54) is 0 Å².